The summed E-state index contributed by atoms with van der Waals surface area (Å²) in [5, 5.41) is 9.02. The zero-order chi connectivity index (χ0) is 34.2. The molecule has 0 unspecified atom stereocenters. The Morgan fingerprint density at radius 1 is 0.442 bits per heavy atom. The van der Waals surface area contributed by atoms with E-state index in [0.717, 1.165) is 89.9 Å². The topological polar surface area (TPSA) is 65.0 Å². The minimum absolute atomic E-state index is 0.616. The van der Waals surface area contributed by atoms with E-state index in [0.29, 0.717) is 17.5 Å². The van der Waals surface area contributed by atoms with Crippen molar-refractivity contribution in [3.63, 3.8) is 0 Å². The van der Waals surface area contributed by atoms with Crippen LogP contribution in [0, 0.1) is 0 Å². The quantitative estimate of drug-likeness (QED) is 0.175. The zero-order valence-electron chi connectivity index (χ0n) is 28.0. The summed E-state index contributed by atoms with van der Waals surface area (Å²) < 4.78 is 12.8. The van der Waals surface area contributed by atoms with Gasteiger partial charge in [-0.15, -0.1) is 0 Å². The molecule has 1 aliphatic carbocycles. The highest BCUT2D eigenvalue weighted by Crippen LogP contribution is 2.42. The van der Waals surface area contributed by atoms with Crippen molar-refractivity contribution in [3.05, 3.63) is 158 Å². The first-order chi connectivity index (χ1) is 25.7. The fourth-order valence-electron chi connectivity index (χ4n) is 7.90. The molecule has 0 spiro atoms. The van der Waals surface area contributed by atoms with Crippen LogP contribution in [0.25, 0.3) is 105 Å². The molecule has 0 N–H and O–H groups in total. The second-order valence-corrected chi connectivity index (χ2v) is 13.5. The molecule has 0 aliphatic heterocycles. The van der Waals surface area contributed by atoms with E-state index >= 15 is 0 Å². The molecule has 244 valence electrons. The third-order valence-electron chi connectivity index (χ3n) is 10.4. The molecular formula is C47H29N3O2. The zero-order valence-corrected chi connectivity index (χ0v) is 28.0. The largest absolute Gasteiger partial charge is 0.456 e. The van der Waals surface area contributed by atoms with Crippen molar-refractivity contribution in [3.8, 4) is 33.9 Å². The molecule has 0 atom stereocenters. The summed E-state index contributed by atoms with van der Waals surface area (Å²) in [6, 6.07) is 46.4. The van der Waals surface area contributed by atoms with Crippen LogP contribution in [-0.2, 0) is 0 Å². The van der Waals surface area contributed by atoms with Gasteiger partial charge in [0, 0.05) is 32.7 Å². The number of fused-ring (bicyclic) bond motifs is 9. The smallest absolute Gasteiger partial charge is 0.164 e. The molecule has 0 amide bonds. The molecule has 10 aromatic rings. The van der Waals surface area contributed by atoms with Gasteiger partial charge in [0.05, 0.1) is 0 Å². The SMILES string of the molecule is C1=CCCC(c2nc(-c3ccc4c(ccc5ccccc54)c3)nc(-c3cccc4oc5cccc(-c6ccc7c(c6)oc6ccccc67)c5c34)n2)=C1. The van der Waals surface area contributed by atoms with Crippen LogP contribution in [-0.4, -0.2) is 15.0 Å². The summed E-state index contributed by atoms with van der Waals surface area (Å²) in [4.78, 5) is 15.5. The Hall–Kier alpha value is -6.85. The number of aromatic nitrogens is 3. The Bertz CT molecular complexity index is 3140. The Morgan fingerprint density at radius 3 is 1.98 bits per heavy atom. The Labute approximate surface area is 298 Å². The van der Waals surface area contributed by atoms with Gasteiger partial charge in [0.2, 0.25) is 0 Å². The predicted octanol–water partition coefficient (Wildman–Crippen LogP) is 12.7. The summed E-state index contributed by atoms with van der Waals surface area (Å²) in [6.45, 7) is 0. The second-order valence-electron chi connectivity index (χ2n) is 13.5. The molecule has 11 rings (SSSR count). The maximum absolute atomic E-state index is 6.54. The standard InChI is InChI=1S/C47H29N3O2/c1-2-11-29(12-3-1)45-48-46(32-23-24-34-30(26-32)21-20-28-10-4-5-13-33(28)34)50-47(49-45)38-16-9-19-41-44(38)43-35(15-8-18-40(43)52-41)31-22-25-37-36-14-6-7-17-39(36)51-42(37)27-31/h1-2,4-11,13-27H,3,12H2. The van der Waals surface area contributed by atoms with Gasteiger partial charge in [0.15, 0.2) is 17.5 Å². The summed E-state index contributed by atoms with van der Waals surface area (Å²) in [5.74, 6) is 1.96. The molecule has 0 saturated heterocycles. The third-order valence-corrected chi connectivity index (χ3v) is 10.4. The van der Waals surface area contributed by atoms with Crippen molar-refractivity contribution in [1.82, 2.24) is 15.0 Å². The number of furan rings is 2. The van der Waals surface area contributed by atoms with Gasteiger partial charge in [-0.1, -0.05) is 115 Å². The molecule has 0 fully saturated rings. The molecule has 5 heteroatoms. The van der Waals surface area contributed by atoms with Gasteiger partial charge in [-0.25, -0.2) is 15.0 Å². The molecular weight excluding hydrogens is 639 g/mol. The van der Waals surface area contributed by atoms with Crippen molar-refractivity contribution in [2.24, 2.45) is 0 Å². The van der Waals surface area contributed by atoms with E-state index < -0.39 is 0 Å². The van der Waals surface area contributed by atoms with Gasteiger partial charge in [-0.05, 0) is 87.5 Å². The number of benzene rings is 7. The first kappa shape index (κ1) is 28.9. The summed E-state index contributed by atoms with van der Waals surface area (Å²) in [5.41, 5.74) is 8.38. The highest BCUT2D eigenvalue weighted by atomic mass is 16.3. The highest BCUT2D eigenvalue weighted by Gasteiger charge is 2.21. The summed E-state index contributed by atoms with van der Waals surface area (Å²) in [6.07, 6.45) is 8.22. The molecule has 0 bridgehead atoms. The average Bonchev–Trinajstić information content (AvgIpc) is 3.79. The lowest BCUT2D eigenvalue weighted by atomic mass is 9.96. The van der Waals surface area contributed by atoms with E-state index in [9.17, 15) is 0 Å². The number of hydrogen-bond acceptors (Lipinski definition) is 5. The lowest BCUT2D eigenvalue weighted by Crippen LogP contribution is -2.04. The Balaban J connectivity index is 1.13. The van der Waals surface area contributed by atoms with Crippen molar-refractivity contribution >= 4 is 71.0 Å². The minimum Gasteiger partial charge on any atom is -0.456 e. The van der Waals surface area contributed by atoms with Crippen LogP contribution in [0.3, 0.4) is 0 Å². The van der Waals surface area contributed by atoms with Crippen LogP contribution in [0.5, 0.6) is 0 Å². The van der Waals surface area contributed by atoms with E-state index in [1.54, 1.807) is 0 Å². The highest BCUT2D eigenvalue weighted by molar-refractivity contribution is 6.18. The first-order valence-corrected chi connectivity index (χ1v) is 17.7. The van der Waals surface area contributed by atoms with Crippen molar-refractivity contribution in [1.29, 1.82) is 0 Å². The van der Waals surface area contributed by atoms with Gasteiger partial charge < -0.3 is 8.83 Å². The molecule has 3 heterocycles. The number of rotatable bonds is 4. The van der Waals surface area contributed by atoms with Crippen LogP contribution in [0.4, 0.5) is 0 Å². The van der Waals surface area contributed by atoms with Gasteiger partial charge in [0.25, 0.3) is 0 Å². The molecule has 1 aliphatic rings. The summed E-state index contributed by atoms with van der Waals surface area (Å²) >= 11 is 0. The van der Waals surface area contributed by atoms with Gasteiger partial charge in [-0.3, -0.25) is 0 Å². The molecule has 52 heavy (non-hydrogen) atoms. The first-order valence-electron chi connectivity index (χ1n) is 17.7. The van der Waals surface area contributed by atoms with Crippen LogP contribution < -0.4 is 0 Å². The van der Waals surface area contributed by atoms with Crippen LogP contribution >= 0.6 is 0 Å². The lowest BCUT2D eigenvalue weighted by Gasteiger charge is -2.13. The number of hydrogen-bond donors (Lipinski definition) is 0. The van der Waals surface area contributed by atoms with Crippen LogP contribution in [0.1, 0.15) is 18.7 Å². The Kier molecular flexibility index (Phi) is 6.31. The second kappa shape index (κ2) is 11.3. The average molecular weight is 668 g/mol. The normalized spacial score (nSPS) is 13.3. The van der Waals surface area contributed by atoms with E-state index in [4.69, 9.17) is 23.8 Å². The molecule has 7 aromatic carbocycles. The van der Waals surface area contributed by atoms with Gasteiger partial charge in [0.1, 0.15) is 22.3 Å². The van der Waals surface area contributed by atoms with Crippen molar-refractivity contribution < 1.29 is 8.83 Å². The maximum atomic E-state index is 6.54. The van der Waals surface area contributed by atoms with E-state index in [1.165, 1.54) is 16.2 Å². The van der Waals surface area contributed by atoms with Crippen LogP contribution in [0.2, 0.25) is 0 Å². The van der Waals surface area contributed by atoms with Crippen LogP contribution in [0.15, 0.2) is 161 Å². The van der Waals surface area contributed by atoms with Crippen molar-refractivity contribution in [2.75, 3.05) is 0 Å². The van der Waals surface area contributed by atoms with E-state index in [-0.39, 0.29) is 0 Å². The third kappa shape index (κ3) is 4.53. The predicted molar refractivity (Wildman–Crippen MR) is 212 cm³/mol. The van der Waals surface area contributed by atoms with E-state index in [2.05, 4.69) is 109 Å². The maximum Gasteiger partial charge on any atom is 0.164 e. The Morgan fingerprint density at radius 2 is 1.10 bits per heavy atom. The fourth-order valence-corrected chi connectivity index (χ4v) is 7.90. The molecule has 5 nitrogen and oxygen atoms in total. The van der Waals surface area contributed by atoms with Gasteiger partial charge >= 0.3 is 0 Å². The lowest BCUT2D eigenvalue weighted by molar-refractivity contribution is 0.668. The molecule has 0 radical (unpaired) electrons. The molecule has 3 aromatic heterocycles. The summed E-state index contributed by atoms with van der Waals surface area (Å²) in [7, 11) is 0. The van der Waals surface area contributed by atoms with Gasteiger partial charge in [-0.2, -0.15) is 0 Å². The minimum atomic E-state index is 0.616. The van der Waals surface area contributed by atoms with E-state index in [1.807, 2.05) is 42.5 Å². The monoisotopic (exact) mass is 667 g/mol. The molecule has 0 saturated carbocycles. The number of nitrogens with zero attached hydrogens (tertiary/aromatic N) is 3. The fraction of sp³-hybridized carbons (Fsp3) is 0.0426. The number of allylic oxidation sites excluding steroid dienone is 4. The number of para-hydroxylation sites is 1. The van der Waals surface area contributed by atoms with Crippen molar-refractivity contribution in [2.45, 2.75) is 12.8 Å².